The average Bonchev–Trinajstić information content (AvgIpc) is 2.82. The van der Waals surface area contributed by atoms with Gasteiger partial charge in [0.15, 0.2) is 15.6 Å². The maximum Gasteiger partial charge on any atom is 0.325 e. The summed E-state index contributed by atoms with van der Waals surface area (Å²) in [5.41, 5.74) is 0.968. The van der Waals surface area contributed by atoms with Gasteiger partial charge >= 0.3 is 5.97 Å². The van der Waals surface area contributed by atoms with E-state index >= 15 is 0 Å². The van der Waals surface area contributed by atoms with Crippen LogP contribution in [0.15, 0.2) is 41.3 Å². The summed E-state index contributed by atoms with van der Waals surface area (Å²) in [6.07, 6.45) is 1.45. The first kappa shape index (κ1) is 27.8. The van der Waals surface area contributed by atoms with Crippen LogP contribution < -0.4 is 10.1 Å². The Morgan fingerprint density at radius 2 is 1.71 bits per heavy atom. The molecule has 0 heterocycles. The van der Waals surface area contributed by atoms with Gasteiger partial charge in [0.25, 0.3) is 5.91 Å². The van der Waals surface area contributed by atoms with Crippen LogP contribution in [-0.4, -0.2) is 56.7 Å². The third-order valence-corrected chi connectivity index (χ3v) is 6.92. The van der Waals surface area contributed by atoms with Gasteiger partial charge in [0.1, 0.15) is 18.0 Å². The van der Waals surface area contributed by atoms with Gasteiger partial charge in [-0.15, -0.1) is 0 Å². The molecule has 2 aromatic rings. The lowest BCUT2D eigenvalue weighted by Gasteiger charge is -2.14. The van der Waals surface area contributed by atoms with Crippen molar-refractivity contribution < 1.29 is 37.4 Å². The number of esters is 1. The Balaban J connectivity index is 1.95. The average molecular weight is 506 g/mol. The molecule has 0 aliphatic carbocycles. The first-order chi connectivity index (χ1) is 16.6. The molecule has 0 unspecified atom stereocenters. The van der Waals surface area contributed by atoms with Crippen LogP contribution in [0.1, 0.15) is 59.9 Å². The second-order valence-corrected chi connectivity index (χ2v) is 9.89. The third-order valence-electron chi connectivity index (χ3n) is 5.11. The number of carbonyl (C=O) groups excluding carboxylic acids is 3. The van der Waals surface area contributed by atoms with Gasteiger partial charge < -0.3 is 19.9 Å². The second kappa shape index (κ2) is 12.9. The van der Waals surface area contributed by atoms with E-state index in [-0.39, 0.29) is 59.5 Å². The monoisotopic (exact) mass is 505 g/mol. The summed E-state index contributed by atoms with van der Waals surface area (Å²) in [5.74, 6) is -1.19. The van der Waals surface area contributed by atoms with Crippen LogP contribution in [-0.2, 0) is 25.8 Å². The fraction of sp³-hybridized carbons (Fsp3) is 0.400. The number of hydrogen-bond acceptors (Lipinski definition) is 8. The maximum atomic E-state index is 12.7. The molecule has 2 N–H and O–H groups in total. The molecule has 0 atom stereocenters. The van der Waals surface area contributed by atoms with E-state index < -0.39 is 21.7 Å². The number of benzene rings is 2. The van der Waals surface area contributed by atoms with Crippen LogP contribution >= 0.6 is 0 Å². The number of hydrogen-bond donors (Lipinski definition) is 2. The van der Waals surface area contributed by atoms with E-state index in [1.165, 1.54) is 37.3 Å². The van der Waals surface area contributed by atoms with Crippen molar-refractivity contribution >= 4 is 27.5 Å². The quantitative estimate of drug-likeness (QED) is 0.241. The molecule has 2 aromatic carbocycles. The smallest absolute Gasteiger partial charge is 0.325 e. The number of Topliss-reactive ketones (excluding diaryl/α,β-unsaturated/α-hetero) is 1. The number of phenolic OH excluding ortho intramolecular Hbond substituents is 1. The van der Waals surface area contributed by atoms with Crippen molar-refractivity contribution in [2.45, 2.75) is 44.9 Å². The Morgan fingerprint density at radius 3 is 2.31 bits per heavy atom. The van der Waals surface area contributed by atoms with Crippen LogP contribution in [0.5, 0.6) is 11.5 Å². The Morgan fingerprint density at radius 1 is 1.03 bits per heavy atom. The zero-order chi connectivity index (χ0) is 26.0. The number of ketones is 1. The van der Waals surface area contributed by atoms with Gasteiger partial charge in [0, 0.05) is 11.1 Å². The van der Waals surface area contributed by atoms with E-state index in [2.05, 4.69) is 5.32 Å². The standard InChI is InChI=1S/C25H31NO8S/c1-4-7-21-22(13-12-20(17(3)27)24(21)29)34-14-6-15-35(31,32)19-10-8-18(9-11-19)25(30)26-16-23(28)33-5-2/h8-13,29H,4-7,14-16H2,1-3H3,(H,26,30). The largest absolute Gasteiger partial charge is 0.507 e. The van der Waals surface area contributed by atoms with Crippen molar-refractivity contribution in [2.24, 2.45) is 0 Å². The molecule has 2 rings (SSSR count). The topological polar surface area (TPSA) is 136 Å². The highest BCUT2D eigenvalue weighted by Gasteiger charge is 2.18. The lowest BCUT2D eigenvalue weighted by Crippen LogP contribution is -2.30. The summed E-state index contributed by atoms with van der Waals surface area (Å²) in [4.78, 5) is 35.2. The molecule has 0 saturated carbocycles. The lowest BCUT2D eigenvalue weighted by molar-refractivity contribution is -0.141. The van der Waals surface area contributed by atoms with Crippen LogP contribution in [0.3, 0.4) is 0 Å². The number of sulfone groups is 1. The van der Waals surface area contributed by atoms with Gasteiger partial charge in [-0.1, -0.05) is 13.3 Å². The predicted octanol–water partition coefficient (Wildman–Crippen LogP) is 3.08. The minimum absolute atomic E-state index is 0.0644. The molecule has 10 heteroatoms. The zero-order valence-corrected chi connectivity index (χ0v) is 20.9. The fourth-order valence-corrected chi connectivity index (χ4v) is 4.64. The van der Waals surface area contributed by atoms with Crippen molar-refractivity contribution in [2.75, 3.05) is 25.5 Å². The third kappa shape index (κ3) is 7.81. The van der Waals surface area contributed by atoms with Crippen LogP contribution in [0, 0.1) is 0 Å². The summed E-state index contributed by atoms with van der Waals surface area (Å²) in [7, 11) is -3.62. The Labute approximate surface area is 205 Å². The molecule has 0 fully saturated rings. The molecule has 0 aliphatic heterocycles. The highest BCUT2D eigenvalue weighted by atomic mass is 32.2. The first-order valence-electron chi connectivity index (χ1n) is 11.4. The molecule has 0 bridgehead atoms. The lowest BCUT2D eigenvalue weighted by atomic mass is 10.0. The van der Waals surface area contributed by atoms with E-state index in [0.717, 1.165) is 6.42 Å². The minimum Gasteiger partial charge on any atom is -0.507 e. The normalized spacial score (nSPS) is 11.1. The zero-order valence-electron chi connectivity index (χ0n) is 20.1. The van der Waals surface area contributed by atoms with Gasteiger partial charge in [-0.2, -0.15) is 0 Å². The van der Waals surface area contributed by atoms with E-state index in [4.69, 9.17) is 9.47 Å². The van der Waals surface area contributed by atoms with Crippen molar-refractivity contribution in [3.05, 3.63) is 53.1 Å². The molecule has 35 heavy (non-hydrogen) atoms. The predicted molar refractivity (Wildman–Crippen MR) is 130 cm³/mol. The van der Waals surface area contributed by atoms with Crippen LogP contribution in [0.25, 0.3) is 0 Å². The van der Waals surface area contributed by atoms with Crippen molar-refractivity contribution in [3.63, 3.8) is 0 Å². The summed E-state index contributed by atoms with van der Waals surface area (Å²) in [5, 5.41) is 12.8. The molecule has 0 saturated heterocycles. The fourth-order valence-electron chi connectivity index (χ4n) is 3.36. The van der Waals surface area contributed by atoms with Crippen molar-refractivity contribution in [3.8, 4) is 11.5 Å². The van der Waals surface area contributed by atoms with Crippen molar-refractivity contribution in [1.82, 2.24) is 5.32 Å². The highest BCUT2D eigenvalue weighted by molar-refractivity contribution is 7.91. The van der Waals surface area contributed by atoms with E-state index in [9.17, 15) is 27.9 Å². The molecule has 0 aromatic heterocycles. The molecule has 1 amide bonds. The molecular weight excluding hydrogens is 474 g/mol. The molecular formula is C25H31NO8S. The van der Waals surface area contributed by atoms with Gasteiger partial charge in [-0.25, -0.2) is 8.42 Å². The highest BCUT2D eigenvalue weighted by Crippen LogP contribution is 2.33. The number of aromatic hydroxyl groups is 1. The molecule has 0 spiro atoms. The van der Waals surface area contributed by atoms with E-state index in [0.29, 0.717) is 17.7 Å². The maximum absolute atomic E-state index is 12.7. The summed E-state index contributed by atoms with van der Waals surface area (Å²) in [6, 6.07) is 8.54. The van der Waals surface area contributed by atoms with Crippen LogP contribution in [0.2, 0.25) is 0 Å². The van der Waals surface area contributed by atoms with Gasteiger partial charge in [0.05, 0.1) is 29.4 Å². The molecule has 0 radical (unpaired) electrons. The second-order valence-electron chi connectivity index (χ2n) is 7.78. The Bertz CT molecular complexity index is 1160. The Hall–Kier alpha value is -3.40. The SMILES string of the molecule is CCCc1c(OCCCS(=O)(=O)c2ccc(C(=O)NCC(=O)OCC)cc2)ccc(C(C)=O)c1O. The number of rotatable bonds is 13. The summed E-state index contributed by atoms with van der Waals surface area (Å²) in [6.45, 7) is 5.00. The number of carbonyl (C=O) groups is 3. The number of phenols is 1. The number of amides is 1. The van der Waals surface area contributed by atoms with Gasteiger partial charge in [-0.3, -0.25) is 14.4 Å². The van der Waals surface area contributed by atoms with E-state index in [1.54, 1.807) is 13.0 Å². The number of nitrogens with one attached hydrogen (secondary N) is 1. The molecule has 190 valence electrons. The van der Waals surface area contributed by atoms with Gasteiger partial charge in [0.2, 0.25) is 0 Å². The Kier molecular flexibility index (Phi) is 10.3. The summed E-state index contributed by atoms with van der Waals surface area (Å²) >= 11 is 0. The summed E-state index contributed by atoms with van der Waals surface area (Å²) < 4.78 is 35.8. The van der Waals surface area contributed by atoms with E-state index in [1.807, 2.05) is 6.92 Å². The van der Waals surface area contributed by atoms with Crippen molar-refractivity contribution in [1.29, 1.82) is 0 Å². The number of ether oxygens (including phenoxy) is 2. The first-order valence-corrected chi connectivity index (χ1v) is 13.0. The molecule has 0 aliphatic rings. The van der Waals surface area contributed by atoms with Crippen LogP contribution in [0.4, 0.5) is 0 Å². The van der Waals surface area contributed by atoms with Gasteiger partial charge in [-0.05, 0) is 63.1 Å². The molecule has 9 nitrogen and oxygen atoms in total. The minimum atomic E-state index is -3.62.